The van der Waals surface area contributed by atoms with Crippen LogP contribution < -0.4 is 5.32 Å². The molecule has 0 radical (unpaired) electrons. The molecule has 1 N–H and O–H groups in total. The molecule has 2 rings (SSSR count). The highest BCUT2D eigenvalue weighted by atomic mass is 19.1. The molecule has 1 aromatic carbocycles. The molecule has 5 nitrogen and oxygen atoms in total. The maximum Gasteiger partial charge on any atom is 0.277 e. The zero-order chi connectivity index (χ0) is 13.8. The average molecular weight is 264 g/mol. The fourth-order valence-electron chi connectivity index (χ4n) is 1.71. The standard InChI is InChI=1S/C13H13FN2O3/c1-19-6-5-16-12(17)8-11(13(16)18)15-10-4-2-3-9(14)7-10/h2-4,7-8,15H,5-6H2,1H3. The second kappa shape index (κ2) is 5.62. The van der Waals surface area contributed by atoms with Gasteiger partial charge >= 0.3 is 0 Å². The maximum atomic E-state index is 13.0. The molecular weight excluding hydrogens is 251 g/mol. The normalized spacial score (nSPS) is 14.8. The highest BCUT2D eigenvalue weighted by Gasteiger charge is 2.30. The predicted octanol–water partition coefficient (Wildman–Crippen LogP) is 1.14. The number of hydrogen-bond acceptors (Lipinski definition) is 4. The number of nitrogens with zero attached hydrogens (tertiary/aromatic N) is 1. The van der Waals surface area contributed by atoms with Gasteiger partial charge in [-0.2, -0.15) is 0 Å². The Hall–Kier alpha value is -2.21. The summed E-state index contributed by atoms with van der Waals surface area (Å²) in [5.41, 5.74) is 0.549. The molecule has 0 saturated carbocycles. The van der Waals surface area contributed by atoms with Crippen LogP contribution in [-0.2, 0) is 14.3 Å². The molecule has 1 aliphatic rings. The number of ether oxygens (including phenoxy) is 1. The third-order valence-corrected chi connectivity index (χ3v) is 2.63. The molecule has 1 aromatic rings. The van der Waals surface area contributed by atoms with Gasteiger partial charge in [-0.1, -0.05) is 6.07 Å². The molecule has 0 fully saturated rings. The Labute approximate surface area is 109 Å². The molecular formula is C13H13FN2O3. The molecule has 0 atom stereocenters. The van der Waals surface area contributed by atoms with Crippen LogP contribution in [0.2, 0.25) is 0 Å². The summed E-state index contributed by atoms with van der Waals surface area (Å²) in [4.78, 5) is 24.6. The summed E-state index contributed by atoms with van der Waals surface area (Å²) < 4.78 is 17.9. The first kappa shape index (κ1) is 13.2. The van der Waals surface area contributed by atoms with Gasteiger partial charge < -0.3 is 10.1 Å². The minimum absolute atomic E-state index is 0.131. The van der Waals surface area contributed by atoms with Crippen LogP contribution in [0.1, 0.15) is 0 Å². The van der Waals surface area contributed by atoms with E-state index in [1.165, 1.54) is 31.4 Å². The number of carbonyl (C=O) groups excluding carboxylic acids is 2. The van der Waals surface area contributed by atoms with Crippen molar-refractivity contribution in [2.45, 2.75) is 0 Å². The number of rotatable bonds is 5. The molecule has 0 bridgehead atoms. The smallest absolute Gasteiger partial charge is 0.277 e. The summed E-state index contributed by atoms with van der Waals surface area (Å²) >= 11 is 0. The number of anilines is 1. The van der Waals surface area contributed by atoms with Gasteiger partial charge in [0.2, 0.25) is 0 Å². The van der Waals surface area contributed by atoms with Crippen LogP contribution in [-0.4, -0.2) is 37.0 Å². The summed E-state index contributed by atoms with van der Waals surface area (Å²) in [7, 11) is 1.49. The number of methoxy groups -OCH3 is 1. The molecule has 0 spiro atoms. The minimum Gasteiger partial charge on any atom is -0.383 e. The van der Waals surface area contributed by atoms with E-state index in [-0.39, 0.29) is 18.8 Å². The second-order valence-corrected chi connectivity index (χ2v) is 3.98. The van der Waals surface area contributed by atoms with E-state index < -0.39 is 17.6 Å². The first-order valence-corrected chi connectivity index (χ1v) is 5.71. The highest BCUT2D eigenvalue weighted by Crippen LogP contribution is 2.17. The molecule has 0 aliphatic carbocycles. The van der Waals surface area contributed by atoms with Gasteiger partial charge in [0.1, 0.15) is 11.5 Å². The van der Waals surface area contributed by atoms with E-state index in [9.17, 15) is 14.0 Å². The predicted molar refractivity (Wildman–Crippen MR) is 66.7 cm³/mol. The van der Waals surface area contributed by atoms with Crippen molar-refractivity contribution in [2.75, 3.05) is 25.6 Å². The van der Waals surface area contributed by atoms with Crippen LogP contribution in [0.4, 0.5) is 10.1 Å². The third kappa shape index (κ3) is 2.97. The van der Waals surface area contributed by atoms with E-state index in [2.05, 4.69) is 5.32 Å². The van der Waals surface area contributed by atoms with Crippen molar-refractivity contribution in [2.24, 2.45) is 0 Å². The van der Waals surface area contributed by atoms with Gasteiger partial charge in [0, 0.05) is 18.9 Å². The lowest BCUT2D eigenvalue weighted by atomic mass is 10.3. The lowest BCUT2D eigenvalue weighted by Gasteiger charge is -2.14. The van der Waals surface area contributed by atoms with Crippen LogP contribution in [0.5, 0.6) is 0 Å². The topological polar surface area (TPSA) is 58.6 Å². The van der Waals surface area contributed by atoms with Gasteiger partial charge in [0.15, 0.2) is 0 Å². The molecule has 0 unspecified atom stereocenters. The van der Waals surface area contributed by atoms with Crippen molar-refractivity contribution < 1.29 is 18.7 Å². The Morgan fingerprint density at radius 2 is 2.16 bits per heavy atom. The largest absolute Gasteiger partial charge is 0.383 e. The molecule has 100 valence electrons. The Morgan fingerprint density at radius 1 is 1.37 bits per heavy atom. The van der Waals surface area contributed by atoms with Crippen LogP contribution in [0, 0.1) is 5.82 Å². The molecule has 1 heterocycles. The van der Waals surface area contributed by atoms with Gasteiger partial charge in [-0.25, -0.2) is 4.39 Å². The number of benzene rings is 1. The summed E-state index contributed by atoms with van der Waals surface area (Å²) in [5.74, 6) is -1.26. The Balaban J connectivity index is 2.08. The van der Waals surface area contributed by atoms with E-state index >= 15 is 0 Å². The first-order chi connectivity index (χ1) is 9.11. The quantitative estimate of drug-likeness (QED) is 0.810. The van der Waals surface area contributed by atoms with Gasteiger partial charge in [-0.15, -0.1) is 0 Å². The van der Waals surface area contributed by atoms with Crippen molar-refractivity contribution in [1.82, 2.24) is 4.90 Å². The number of nitrogens with one attached hydrogen (secondary N) is 1. The van der Waals surface area contributed by atoms with Crippen molar-refractivity contribution >= 4 is 17.5 Å². The lowest BCUT2D eigenvalue weighted by Crippen LogP contribution is -2.34. The summed E-state index contributed by atoms with van der Waals surface area (Å²) in [6.45, 7) is 0.470. The number of amides is 2. The van der Waals surface area contributed by atoms with E-state index in [0.29, 0.717) is 5.69 Å². The van der Waals surface area contributed by atoms with E-state index in [1.54, 1.807) is 6.07 Å². The molecule has 0 saturated heterocycles. The van der Waals surface area contributed by atoms with Gasteiger partial charge in [-0.3, -0.25) is 14.5 Å². The molecule has 1 aliphatic heterocycles. The summed E-state index contributed by atoms with van der Waals surface area (Å²) in [6.07, 6.45) is 1.20. The summed E-state index contributed by atoms with van der Waals surface area (Å²) in [5, 5.41) is 2.74. The SMILES string of the molecule is COCCN1C(=O)C=C(Nc2cccc(F)c2)C1=O. The molecule has 0 aromatic heterocycles. The zero-order valence-electron chi connectivity index (χ0n) is 10.4. The van der Waals surface area contributed by atoms with Crippen LogP contribution in [0.15, 0.2) is 36.0 Å². The fourth-order valence-corrected chi connectivity index (χ4v) is 1.71. The van der Waals surface area contributed by atoms with Crippen LogP contribution in [0.25, 0.3) is 0 Å². The Bertz CT molecular complexity index is 542. The van der Waals surface area contributed by atoms with E-state index in [0.717, 1.165) is 4.90 Å². The zero-order valence-corrected chi connectivity index (χ0v) is 10.4. The number of hydrogen-bond donors (Lipinski definition) is 1. The lowest BCUT2D eigenvalue weighted by molar-refractivity contribution is -0.137. The van der Waals surface area contributed by atoms with Crippen LogP contribution in [0.3, 0.4) is 0 Å². The summed E-state index contributed by atoms with van der Waals surface area (Å²) in [6, 6.07) is 5.67. The number of halogens is 1. The van der Waals surface area contributed by atoms with Gasteiger partial charge in [-0.05, 0) is 18.2 Å². The fraction of sp³-hybridized carbons (Fsp3) is 0.231. The number of carbonyl (C=O) groups is 2. The molecule has 2 amide bonds. The first-order valence-electron chi connectivity index (χ1n) is 5.71. The molecule has 6 heteroatoms. The third-order valence-electron chi connectivity index (χ3n) is 2.63. The van der Waals surface area contributed by atoms with E-state index in [4.69, 9.17) is 4.74 Å². The Kier molecular flexibility index (Phi) is 3.91. The average Bonchev–Trinajstić information content (AvgIpc) is 2.62. The van der Waals surface area contributed by atoms with Crippen molar-refractivity contribution in [3.05, 3.63) is 41.9 Å². The van der Waals surface area contributed by atoms with E-state index in [1.807, 2.05) is 0 Å². The maximum absolute atomic E-state index is 13.0. The Morgan fingerprint density at radius 3 is 2.84 bits per heavy atom. The van der Waals surface area contributed by atoms with Crippen molar-refractivity contribution in [3.8, 4) is 0 Å². The molecule has 19 heavy (non-hydrogen) atoms. The highest BCUT2D eigenvalue weighted by molar-refractivity contribution is 6.17. The number of imide groups is 1. The van der Waals surface area contributed by atoms with Gasteiger partial charge in [0.25, 0.3) is 11.8 Å². The second-order valence-electron chi connectivity index (χ2n) is 3.98. The minimum atomic E-state index is -0.439. The van der Waals surface area contributed by atoms with Crippen LogP contribution >= 0.6 is 0 Å². The van der Waals surface area contributed by atoms with Gasteiger partial charge in [0.05, 0.1) is 13.2 Å². The van der Waals surface area contributed by atoms with Crippen molar-refractivity contribution in [1.29, 1.82) is 0 Å². The van der Waals surface area contributed by atoms with Crippen molar-refractivity contribution in [3.63, 3.8) is 0 Å². The monoisotopic (exact) mass is 264 g/mol.